The number of anilines is 1. The van der Waals surface area contributed by atoms with E-state index in [1.807, 2.05) is 13.0 Å². The molecule has 1 aliphatic heterocycles. The largest absolute Gasteiger partial charge is 0.366 e. The van der Waals surface area contributed by atoms with Crippen molar-refractivity contribution in [3.63, 3.8) is 0 Å². The quantitative estimate of drug-likeness (QED) is 0.619. The molecule has 0 saturated carbocycles. The number of fused-ring (bicyclic) bond motifs is 1. The van der Waals surface area contributed by atoms with E-state index in [0.29, 0.717) is 0 Å². The average molecular weight is 285 g/mol. The zero-order valence-electron chi connectivity index (χ0n) is 9.07. The molecule has 0 radical (unpaired) electrons. The fraction of sp³-hybridized carbons (Fsp3) is 0.455. The van der Waals surface area contributed by atoms with Crippen molar-refractivity contribution in [2.75, 3.05) is 18.0 Å². The number of hydrogen-bond donors (Lipinski definition) is 0. The van der Waals surface area contributed by atoms with E-state index in [1.54, 1.807) is 6.07 Å². The predicted octanol–water partition coefficient (Wildman–Crippen LogP) is 3.13. The van der Waals surface area contributed by atoms with Gasteiger partial charge in [0.2, 0.25) is 0 Å². The van der Waals surface area contributed by atoms with Crippen LogP contribution >= 0.6 is 15.9 Å². The summed E-state index contributed by atoms with van der Waals surface area (Å²) < 4.78 is 0.788. The third-order valence-corrected chi connectivity index (χ3v) is 3.36. The number of nitrogens with zero attached hydrogens (tertiary/aromatic N) is 2. The van der Waals surface area contributed by atoms with E-state index >= 15 is 0 Å². The van der Waals surface area contributed by atoms with E-state index in [-0.39, 0.29) is 10.6 Å². The third kappa shape index (κ3) is 1.91. The fourth-order valence-electron chi connectivity index (χ4n) is 2.22. The monoisotopic (exact) mass is 284 g/mol. The van der Waals surface area contributed by atoms with Gasteiger partial charge in [-0.1, -0.05) is 15.9 Å². The molecular weight excluding hydrogens is 272 g/mol. The lowest BCUT2D eigenvalue weighted by molar-refractivity contribution is -0.384. The summed E-state index contributed by atoms with van der Waals surface area (Å²) in [6, 6.07) is 3.58. The number of nitro groups is 1. The minimum Gasteiger partial charge on any atom is -0.366 e. The van der Waals surface area contributed by atoms with Gasteiger partial charge in [0.05, 0.1) is 4.92 Å². The highest BCUT2D eigenvalue weighted by Gasteiger charge is 2.26. The van der Waals surface area contributed by atoms with Crippen LogP contribution in [0.4, 0.5) is 11.4 Å². The molecule has 0 N–H and O–H groups in total. The Morgan fingerprint density at radius 1 is 1.56 bits per heavy atom. The molecule has 86 valence electrons. The van der Waals surface area contributed by atoms with Crippen LogP contribution in [-0.2, 0) is 6.42 Å². The summed E-state index contributed by atoms with van der Waals surface area (Å²) in [5.74, 6) is 0. The van der Waals surface area contributed by atoms with Gasteiger partial charge in [-0.2, -0.15) is 0 Å². The molecule has 16 heavy (non-hydrogen) atoms. The Bertz CT molecular complexity index is 434. The zero-order chi connectivity index (χ0) is 11.7. The predicted molar refractivity (Wildman–Crippen MR) is 67.0 cm³/mol. The van der Waals surface area contributed by atoms with Crippen LogP contribution in [0.25, 0.3) is 0 Å². The topological polar surface area (TPSA) is 46.4 Å². The Labute approximate surface area is 103 Å². The highest BCUT2D eigenvalue weighted by Crippen LogP contribution is 2.38. The van der Waals surface area contributed by atoms with Crippen molar-refractivity contribution >= 4 is 27.3 Å². The smallest absolute Gasteiger partial charge is 0.293 e. The molecule has 0 aromatic heterocycles. The van der Waals surface area contributed by atoms with E-state index in [9.17, 15) is 10.1 Å². The Kier molecular flexibility index (Phi) is 3.14. The molecule has 4 nitrogen and oxygen atoms in total. The number of benzene rings is 1. The molecule has 1 aromatic carbocycles. The normalized spacial score (nSPS) is 14.8. The highest BCUT2D eigenvalue weighted by atomic mass is 79.9. The van der Waals surface area contributed by atoms with Crippen molar-refractivity contribution in [1.29, 1.82) is 0 Å². The molecule has 0 amide bonds. The van der Waals surface area contributed by atoms with Crippen molar-refractivity contribution in [3.05, 3.63) is 32.3 Å². The fourth-order valence-corrected chi connectivity index (χ4v) is 2.72. The molecule has 1 heterocycles. The lowest BCUT2D eigenvalue weighted by Gasteiger charge is -2.29. The first-order valence-electron chi connectivity index (χ1n) is 5.35. The van der Waals surface area contributed by atoms with Gasteiger partial charge in [0, 0.05) is 23.6 Å². The number of halogens is 1. The van der Waals surface area contributed by atoms with E-state index in [1.165, 1.54) is 0 Å². The first-order valence-corrected chi connectivity index (χ1v) is 6.14. The number of hydrogen-bond acceptors (Lipinski definition) is 3. The summed E-state index contributed by atoms with van der Waals surface area (Å²) in [7, 11) is 0. The van der Waals surface area contributed by atoms with Gasteiger partial charge in [0.1, 0.15) is 5.69 Å². The summed E-state index contributed by atoms with van der Waals surface area (Å²) in [5.41, 5.74) is 2.10. The van der Waals surface area contributed by atoms with Crippen LogP contribution in [0.15, 0.2) is 16.6 Å². The van der Waals surface area contributed by atoms with Crippen molar-refractivity contribution in [2.45, 2.75) is 19.8 Å². The summed E-state index contributed by atoms with van der Waals surface area (Å²) in [6.45, 7) is 3.75. The zero-order valence-corrected chi connectivity index (χ0v) is 10.7. The third-order valence-electron chi connectivity index (χ3n) is 2.90. The van der Waals surface area contributed by atoms with Gasteiger partial charge in [0.25, 0.3) is 5.69 Å². The van der Waals surface area contributed by atoms with Crippen LogP contribution < -0.4 is 4.90 Å². The summed E-state index contributed by atoms with van der Waals surface area (Å²) in [6.07, 6.45) is 1.99. The standard InChI is InChI=1S/C11H13BrN2O2/c1-2-13-5-3-4-8-6-9(12)7-10(11(8)13)14(15)16/h6-7H,2-5H2,1H3. The van der Waals surface area contributed by atoms with Gasteiger partial charge < -0.3 is 4.90 Å². The molecule has 0 bridgehead atoms. The summed E-state index contributed by atoms with van der Waals surface area (Å²) in [4.78, 5) is 12.8. The van der Waals surface area contributed by atoms with Crippen LogP contribution in [0, 0.1) is 10.1 Å². The van der Waals surface area contributed by atoms with Crippen LogP contribution in [0.2, 0.25) is 0 Å². The second-order valence-corrected chi connectivity index (χ2v) is 4.79. The van der Waals surface area contributed by atoms with E-state index in [0.717, 1.165) is 41.7 Å². The number of nitro benzene ring substituents is 1. The molecule has 1 aromatic rings. The maximum Gasteiger partial charge on any atom is 0.293 e. The molecule has 0 spiro atoms. The van der Waals surface area contributed by atoms with Crippen molar-refractivity contribution in [2.24, 2.45) is 0 Å². The second-order valence-electron chi connectivity index (χ2n) is 3.87. The SMILES string of the molecule is CCN1CCCc2cc(Br)cc([N+](=O)[O-])c21. The highest BCUT2D eigenvalue weighted by molar-refractivity contribution is 9.10. The van der Waals surface area contributed by atoms with E-state index in [2.05, 4.69) is 20.8 Å². The van der Waals surface area contributed by atoms with Crippen molar-refractivity contribution in [1.82, 2.24) is 0 Å². The van der Waals surface area contributed by atoms with Gasteiger partial charge in [0.15, 0.2) is 0 Å². The Balaban J connectivity index is 2.60. The average Bonchev–Trinajstić information content (AvgIpc) is 2.26. The minimum absolute atomic E-state index is 0.214. The van der Waals surface area contributed by atoms with Crippen molar-refractivity contribution < 1.29 is 4.92 Å². The maximum absolute atomic E-state index is 11.0. The second kappa shape index (κ2) is 4.41. The first kappa shape index (κ1) is 11.4. The van der Waals surface area contributed by atoms with Gasteiger partial charge in [-0.05, 0) is 31.4 Å². The van der Waals surface area contributed by atoms with Crippen LogP contribution in [0.3, 0.4) is 0 Å². The van der Waals surface area contributed by atoms with Gasteiger partial charge in [-0.3, -0.25) is 10.1 Å². The molecule has 0 aliphatic carbocycles. The molecule has 0 fully saturated rings. The Morgan fingerprint density at radius 3 is 2.94 bits per heavy atom. The van der Waals surface area contributed by atoms with Gasteiger partial charge in [-0.25, -0.2) is 0 Å². The number of aryl methyl sites for hydroxylation is 1. The van der Waals surface area contributed by atoms with Crippen LogP contribution in [0.5, 0.6) is 0 Å². The minimum atomic E-state index is -0.294. The molecule has 0 atom stereocenters. The molecule has 0 saturated heterocycles. The van der Waals surface area contributed by atoms with Gasteiger partial charge in [-0.15, -0.1) is 0 Å². The molecule has 2 rings (SSSR count). The molecule has 0 unspecified atom stereocenters. The van der Waals surface area contributed by atoms with Gasteiger partial charge >= 0.3 is 0 Å². The molecule has 1 aliphatic rings. The Morgan fingerprint density at radius 2 is 2.31 bits per heavy atom. The molecular formula is C11H13BrN2O2. The Hall–Kier alpha value is -1.10. The van der Waals surface area contributed by atoms with E-state index in [4.69, 9.17) is 0 Å². The summed E-state index contributed by atoms with van der Waals surface area (Å²) in [5, 5.41) is 11.0. The first-order chi connectivity index (χ1) is 7.63. The lowest BCUT2D eigenvalue weighted by atomic mass is 10.0. The van der Waals surface area contributed by atoms with Crippen molar-refractivity contribution in [3.8, 4) is 0 Å². The summed E-state index contributed by atoms with van der Waals surface area (Å²) >= 11 is 3.33. The maximum atomic E-state index is 11.0. The number of rotatable bonds is 2. The molecule has 5 heteroatoms. The lowest BCUT2D eigenvalue weighted by Crippen LogP contribution is -2.29. The van der Waals surface area contributed by atoms with E-state index < -0.39 is 0 Å². The van der Waals surface area contributed by atoms with Crippen LogP contribution in [-0.4, -0.2) is 18.0 Å². The van der Waals surface area contributed by atoms with Crippen LogP contribution in [0.1, 0.15) is 18.9 Å².